The van der Waals surface area contributed by atoms with Gasteiger partial charge in [0, 0.05) is 36.6 Å². The highest BCUT2D eigenvalue weighted by molar-refractivity contribution is 6.21. The first-order valence-electron chi connectivity index (χ1n) is 8.70. The second kappa shape index (κ2) is 6.67. The molecule has 0 bridgehead atoms. The second-order valence-electron chi connectivity index (χ2n) is 6.43. The second-order valence-corrected chi connectivity index (χ2v) is 6.43. The highest BCUT2D eigenvalue weighted by atomic mass is 16.4. The smallest absolute Gasteiger partial charge is 0.345 e. The molecule has 0 amide bonds. The third-order valence-electron chi connectivity index (χ3n) is 4.71. The maximum Gasteiger partial charge on any atom is 0.345 e. The van der Waals surface area contributed by atoms with Crippen LogP contribution in [0.25, 0.3) is 11.6 Å². The highest BCUT2D eigenvalue weighted by Crippen LogP contribution is 2.39. The van der Waals surface area contributed by atoms with Crippen molar-refractivity contribution in [3.8, 4) is 5.75 Å². The Morgan fingerprint density at radius 1 is 1.23 bits per heavy atom. The van der Waals surface area contributed by atoms with Crippen molar-refractivity contribution in [3.63, 3.8) is 0 Å². The molecular weight excluding hydrogens is 334 g/mol. The average molecular weight is 353 g/mol. The summed E-state index contributed by atoms with van der Waals surface area (Å²) in [7, 11) is 0. The summed E-state index contributed by atoms with van der Waals surface area (Å²) in [6.07, 6.45) is 9.08. The van der Waals surface area contributed by atoms with Gasteiger partial charge in [-0.3, -0.25) is 0 Å². The Kier molecular flexibility index (Phi) is 4.20. The topological polar surface area (TPSA) is 99.2 Å². The highest BCUT2D eigenvalue weighted by Gasteiger charge is 2.29. The fraction of sp³-hybridized carbons (Fsp3) is 0.316. The molecule has 7 heteroatoms. The van der Waals surface area contributed by atoms with Crippen LogP contribution in [0.1, 0.15) is 47.4 Å². The average Bonchev–Trinajstić information content (AvgIpc) is 3.05. The molecule has 2 N–H and O–H groups in total. The number of rotatable bonds is 3. The van der Waals surface area contributed by atoms with Crippen molar-refractivity contribution < 1.29 is 19.4 Å². The van der Waals surface area contributed by atoms with Crippen molar-refractivity contribution in [3.05, 3.63) is 35.2 Å². The van der Waals surface area contributed by atoms with Crippen LogP contribution in [0.4, 0.5) is 11.7 Å². The van der Waals surface area contributed by atoms with E-state index in [0.717, 1.165) is 49.9 Å². The van der Waals surface area contributed by atoms with Gasteiger partial charge in [-0.05, 0) is 31.1 Å². The third kappa shape index (κ3) is 2.85. The number of nitrogens with zero attached hydrogens (tertiary/aromatic N) is 3. The Morgan fingerprint density at radius 2 is 2.00 bits per heavy atom. The quantitative estimate of drug-likeness (QED) is 0.872. The molecule has 0 radical (unpaired) electrons. The van der Waals surface area contributed by atoms with E-state index in [-0.39, 0.29) is 23.0 Å². The van der Waals surface area contributed by atoms with Crippen LogP contribution in [0, 0.1) is 0 Å². The van der Waals surface area contributed by atoms with E-state index in [1.165, 1.54) is 0 Å². The number of aromatic carboxylic acids is 1. The van der Waals surface area contributed by atoms with Gasteiger partial charge in [-0.2, -0.15) is 0 Å². The molecule has 0 saturated carbocycles. The normalized spacial score (nSPS) is 18.2. The van der Waals surface area contributed by atoms with E-state index in [4.69, 9.17) is 4.42 Å². The number of hydrogen-bond acceptors (Lipinski definition) is 6. The minimum Gasteiger partial charge on any atom is -0.504 e. The number of carboxylic acids is 1. The molecule has 26 heavy (non-hydrogen) atoms. The van der Waals surface area contributed by atoms with Crippen LogP contribution in [0.2, 0.25) is 0 Å². The molecule has 0 unspecified atom stereocenters. The van der Waals surface area contributed by atoms with Gasteiger partial charge >= 0.3 is 5.97 Å². The molecule has 0 spiro atoms. The number of allylic oxidation sites excluding steroid dienone is 1. The lowest BCUT2D eigenvalue weighted by Gasteiger charge is -2.19. The molecule has 1 saturated heterocycles. The van der Waals surface area contributed by atoms with Crippen LogP contribution < -0.4 is 4.90 Å². The summed E-state index contributed by atoms with van der Waals surface area (Å²) >= 11 is 0. The maximum absolute atomic E-state index is 11.7. The van der Waals surface area contributed by atoms with E-state index in [1.54, 1.807) is 24.6 Å². The fourth-order valence-electron chi connectivity index (χ4n) is 3.40. The number of pyridine rings is 1. The summed E-state index contributed by atoms with van der Waals surface area (Å²) in [6.45, 7) is 1.44. The van der Waals surface area contributed by atoms with Gasteiger partial charge in [-0.15, -0.1) is 0 Å². The van der Waals surface area contributed by atoms with Gasteiger partial charge in [-0.1, -0.05) is 12.8 Å². The van der Waals surface area contributed by atoms with Crippen LogP contribution in [-0.4, -0.2) is 40.5 Å². The number of carboxylic acid groups (broad SMARTS) is 1. The van der Waals surface area contributed by atoms with Crippen molar-refractivity contribution in [1.82, 2.24) is 4.98 Å². The fourth-order valence-corrected chi connectivity index (χ4v) is 3.40. The van der Waals surface area contributed by atoms with Crippen molar-refractivity contribution in [2.75, 3.05) is 18.0 Å². The SMILES string of the molecule is O=C(O)c1c(N2CCCCCC2)oc(C=C2C=Nc3ncccc32)c1O. The molecule has 0 aliphatic carbocycles. The van der Waals surface area contributed by atoms with E-state index in [1.807, 2.05) is 11.0 Å². The maximum atomic E-state index is 11.7. The Balaban J connectivity index is 1.76. The zero-order valence-electron chi connectivity index (χ0n) is 14.2. The number of aromatic nitrogens is 1. The summed E-state index contributed by atoms with van der Waals surface area (Å²) < 4.78 is 5.82. The van der Waals surface area contributed by atoms with E-state index in [0.29, 0.717) is 5.82 Å². The molecular formula is C19H19N3O4. The van der Waals surface area contributed by atoms with Crippen molar-refractivity contribution >= 4 is 35.5 Å². The van der Waals surface area contributed by atoms with Crippen LogP contribution >= 0.6 is 0 Å². The predicted octanol–water partition coefficient (Wildman–Crippen LogP) is 3.72. The summed E-state index contributed by atoms with van der Waals surface area (Å²) in [5.74, 6) is -0.604. The summed E-state index contributed by atoms with van der Waals surface area (Å²) in [6, 6.07) is 3.67. The number of fused-ring (bicyclic) bond motifs is 1. The first-order valence-corrected chi connectivity index (χ1v) is 8.70. The largest absolute Gasteiger partial charge is 0.504 e. The summed E-state index contributed by atoms with van der Waals surface area (Å²) in [5.41, 5.74) is 1.35. The zero-order valence-corrected chi connectivity index (χ0v) is 14.2. The van der Waals surface area contributed by atoms with Crippen LogP contribution in [0.15, 0.2) is 27.7 Å². The molecule has 7 nitrogen and oxygen atoms in total. The monoisotopic (exact) mass is 353 g/mol. The third-order valence-corrected chi connectivity index (χ3v) is 4.71. The Bertz CT molecular complexity index is 906. The molecule has 4 heterocycles. The molecule has 2 aromatic heterocycles. The Labute approximate surface area is 150 Å². The number of anilines is 1. The van der Waals surface area contributed by atoms with Gasteiger partial charge in [-0.25, -0.2) is 14.8 Å². The Hall–Kier alpha value is -3.09. The molecule has 134 valence electrons. The number of carbonyl (C=O) groups is 1. The molecule has 0 aromatic carbocycles. The first-order chi connectivity index (χ1) is 12.6. The van der Waals surface area contributed by atoms with E-state index >= 15 is 0 Å². The Morgan fingerprint density at radius 3 is 2.73 bits per heavy atom. The standard InChI is InChI=1S/C19H19N3O4/c23-16-14(10-12-11-21-17-13(12)6-5-7-20-17)26-18(15(16)19(24)25)22-8-3-1-2-4-9-22/h5-7,10-11,23H,1-4,8-9H2,(H,24,25). The van der Waals surface area contributed by atoms with Gasteiger partial charge in [0.2, 0.25) is 5.88 Å². The number of aliphatic imine (C=N–C) groups is 1. The molecule has 2 aliphatic rings. The van der Waals surface area contributed by atoms with Crippen molar-refractivity contribution in [1.29, 1.82) is 0 Å². The summed E-state index contributed by atoms with van der Waals surface area (Å²) in [5, 5.41) is 20.1. The lowest BCUT2D eigenvalue weighted by molar-refractivity contribution is 0.0694. The zero-order chi connectivity index (χ0) is 18.1. The first kappa shape index (κ1) is 16.4. The van der Waals surface area contributed by atoms with Crippen molar-refractivity contribution in [2.45, 2.75) is 25.7 Å². The number of hydrogen-bond donors (Lipinski definition) is 2. The van der Waals surface area contributed by atoms with Crippen LogP contribution in [0.5, 0.6) is 5.75 Å². The molecule has 1 fully saturated rings. The van der Waals surface area contributed by atoms with E-state index in [2.05, 4.69) is 9.98 Å². The lowest BCUT2D eigenvalue weighted by atomic mass is 10.1. The van der Waals surface area contributed by atoms with E-state index in [9.17, 15) is 15.0 Å². The van der Waals surface area contributed by atoms with Gasteiger partial charge in [0.25, 0.3) is 0 Å². The van der Waals surface area contributed by atoms with Gasteiger partial charge < -0.3 is 19.5 Å². The minimum atomic E-state index is -1.20. The van der Waals surface area contributed by atoms with Gasteiger partial charge in [0.05, 0.1) is 0 Å². The predicted molar refractivity (Wildman–Crippen MR) is 98.3 cm³/mol. The minimum absolute atomic E-state index is 0.125. The molecule has 0 atom stereocenters. The van der Waals surface area contributed by atoms with E-state index < -0.39 is 5.97 Å². The molecule has 4 rings (SSSR count). The number of furan rings is 1. The molecule has 2 aliphatic heterocycles. The number of aromatic hydroxyl groups is 1. The van der Waals surface area contributed by atoms with Gasteiger partial charge in [0.1, 0.15) is 0 Å². The molecule has 2 aromatic rings. The van der Waals surface area contributed by atoms with Gasteiger partial charge in [0.15, 0.2) is 22.9 Å². The lowest BCUT2D eigenvalue weighted by Crippen LogP contribution is -2.25. The van der Waals surface area contributed by atoms with Crippen molar-refractivity contribution in [2.24, 2.45) is 4.99 Å². The summed E-state index contributed by atoms with van der Waals surface area (Å²) in [4.78, 5) is 22.0. The van der Waals surface area contributed by atoms with Crippen LogP contribution in [-0.2, 0) is 0 Å². The van der Waals surface area contributed by atoms with Crippen LogP contribution in [0.3, 0.4) is 0 Å².